The lowest BCUT2D eigenvalue weighted by Crippen LogP contribution is -2.32. The maximum Gasteiger partial charge on any atom is 0.274 e. The summed E-state index contributed by atoms with van der Waals surface area (Å²) in [5.74, 6) is -0.221. The summed E-state index contributed by atoms with van der Waals surface area (Å²) in [6.07, 6.45) is 1.56. The first-order chi connectivity index (χ1) is 8.62. The van der Waals surface area contributed by atoms with Gasteiger partial charge in [-0.25, -0.2) is 9.37 Å². The molecule has 0 saturated heterocycles. The van der Waals surface area contributed by atoms with E-state index in [4.69, 9.17) is 0 Å². The maximum atomic E-state index is 14.5. The first-order valence-electron chi connectivity index (χ1n) is 5.66. The van der Waals surface area contributed by atoms with Crippen LogP contribution in [0.25, 0.3) is 0 Å². The fraction of sp³-hybridized carbons (Fsp3) is 0.143. The highest BCUT2D eigenvalue weighted by atomic mass is 19.1. The normalized spacial score (nSPS) is 22.1. The van der Waals surface area contributed by atoms with Crippen LogP contribution in [0.1, 0.15) is 12.5 Å². The molecule has 1 aliphatic rings. The van der Waals surface area contributed by atoms with E-state index < -0.39 is 11.6 Å². The highest BCUT2D eigenvalue weighted by Gasteiger charge is 2.49. The summed E-state index contributed by atoms with van der Waals surface area (Å²) >= 11 is 0. The second-order valence-electron chi connectivity index (χ2n) is 4.35. The SMILES string of the molecule is C[C@@]1(F)C(=O)N(c2ccccc2)c2ncccc21. The molecule has 0 saturated carbocycles. The van der Waals surface area contributed by atoms with E-state index in [1.807, 2.05) is 6.07 Å². The molecule has 0 bridgehead atoms. The quantitative estimate of drug-likeness (QED) is 0.770. The van der Waals surface area contributed by atoms with Crippen LogP contribution in [-0.2, 0) is 10.5 Å². The van der Waals surface area contributed by atoms with E-state index in [2.05, 4.69) is 4.98 Å². The lowest BCUT2D eigenvalue weighted by atomic mass is 10.0. The van der Waals surface area contributed by atoms with Crippen molar-refractivity contribution in [3.05, 3.63) is 54.2 Å². The maximum absolute atomic E-state index is 14.5. The van der Waals surface area contributed by atoms with Crippen molar-refractivity contribution in [2.75, 3.05) is 4.90 Å². The monoisotopic (exact) mass is 242 g/mol. The van der Waals surface area contributed by atoms with Crippen LogP contribution in [0.15, 0.2) is 48.7 Å². The number of nitrogens with zero attached hydrogens (tertiary/aromatic N) is 2. The number of fused-ring (bicyclic) bond motifs is 1. The number of hydrogen-bond acceptors (Lipinski definition) is 2. The standard InChI is InChI=1S/C14H11FN2O/c1-14(15)11-8-5-9-16-12(11)17(13(14)18)10-6-3-2-4-7-10/h2-9H,1H3/t14-/m0/s1. The Morgan fingerprint density at radius 2 is 1.89 bits per heavy atom. The van der Waals surface area contributed by atoms with Crippen molar-refractivity contribution < 1.29 is 9.18 Å². The zero-order valence-electron chi connectivity index (χ0n) is 9.80. The van der Waals surface area contributed by atoms with Crippen LogP contribution in [0.4, 0.5) is 15.9 Å². The predicted octanol–water partition coefficient (Wildman–Crippen LogP) is 2.94. The first kappa shape index (κ1) is 10.9. The number of rotatable bonds is 1. The molecule has 3 nitrogen and oxygen atoms in total. The molecule has 0 radical (unpaired) electrons. The van der Waals surface area contributed by atoms with Gasteiger partial charge in [-0.15, -0.1) is 0 Å². The van der Waals surface area contributed by atoms with E-state index in [1.54, 1.807) is 42.6 Å². The molecular weight excluding hydrogens is 231 g/mol. The summed E-state index contributed by atoms with van der Waals surface area (Å²) in [4.78, 5) is 17.7. The van der Waals surface area contributed by atoms with Gasteiger partial charge in [0.2, 0.25) is 5.67 Å². The molecule has 0 N–H and O–H groups in total. The molecule has 1 aliphatic heterocycles. The number of amides is 1. The number of hydrogen-bond donors (Lipinski definition) is 0. The Hall–Kier alpha value is -2.23. The first-order valence-corrected chi connectivity index (χ1v) is 5.66. The Morgan fingerprint density at radius 1 is 1.17 bits per heavy atom. The van der Waals surface area contributed by atoms with Crippen LogP contribution in [0.3, 0.4) is 0 Å². The summed E-state index contributed by atoms with van der Waals surface area (Å²) in [5, 5.41) is 0. The van der Waals surface area contributed by atoms with E-state index in [1.165, 1.54) is 11.8 Å². The van der Waals surface area contributed by atoms with E-state index in [0.717, 1.165) is 0 Å². The lowest BCUT2D eigenvalue weighted by Gasteiger charge is -2.17. The molecule has 1 atom stereocenters. The van der Waals surface area contributed by atoms with E-state index in [9.17, 15) is 9.18 Å². The number of halogens is 1. The minimum absolute atomic E-state index is 0.318. The van der Waals surface area contributed by atoms with Crippen LogP contribution in [0, 0.1) is 0 Å². The summed E-state index contributed by atoms with van der Waals surface area (Å²) in [6.45, 7) is 1.28. The van der Waals surface area contributed by atoms with Crippen molar-refractivity contribution in [2.45, 2.75) is 12.6 Å². The number of carbonyl (C=O) groups is 1. The Bertz CT molecular complexity index is 610. The van der Waals surface area contributed by atoms with E-state index in [-0.39, 0.29) is 0 Å². The molecule has 90 valence electrons. The number of alkyl halides is 1. The third-order valence-corrected chi connectivity index (χ3v) is 3.12. The number of carbonyl (C=O) groups excluding carboxylic acids is 1. The Morgan fingerprint density at radius 3 is 2.61 bits per heavy atom. The smallest absolute Gasteiger partial charge is 0.270 e. The van der Waals surface area contributed by atoms with Gasteiger partial charge in [0, 0.05) is 11.8 Å². The molecule has 3 rings (SSSR count). The Labute approximate surface area is 104 Å². The second kappa shape index (κ2) is 3.63. The van der Waals surface area contributed by atoms with E-state index >= 15 is 0 Å². The highest BCUT2D eigenvalue weighted by Crippen LogP contribution is 2.44. The average molecular weight is 242 g/mol. The van der Waals surface area contributed by atoms with Crippen molar-refractivity contribution in [2.24, 2.45) is 0 Å². The fourth-order valence-corrected chi connectivity index (χ4v) is 2.18. The van der Waals surface area contributed by atoms with Gasteiger partial charge in [0.05, 0.1) is 5.69 Å². The average Bonchev–Trinajstić information content (AvgIpc) is 2.60. The minimum Gasteiger partial charge on any atom is -0.270 e. The van der Waals surface area contributed by atoms with Gasteiger partial charge in [0.15, 0.2) is 0 Å². The highest BCUT2D eigenvalue weighted by molar-refractivity contribution is 6.10. The topological polar surface area (TPSA) is 33.2 Å². The molecule has 1 amide bonds. The van der Waals surface area contributed by atoms with Gasteiger partial charge < -0.3 is 0 Å². The van der Waals surface area contributed by atoms with Crippen molar-refractivity contribution >= 4 is 17.4 Å². The number of aromatic nitrogens is 1. The molecule has 0 fully saturated rings. The summed E-state index contributed by atoms with van der Waals surface area (Å²) < 4.78 is 14.5. The Balaban J connectivity index is 2.21. The molecule has 1 aromatic carbocycles. The van der Waals surface area contributed by atoms with Crippen LogP contribution >= 0.6 is 0 Å². The van der Waals surface area contributed by atoms with E-state index in [0.29, 0.717) is 17.1 Å². The molecular formula is C14H11FN2O. The molecule has 18 heavy (non-hydrogen) atoms. The molecule has 4 heteroatoms. The molecule has 2 aromatic rings. The van der Waals surface area contributed by atoms with Crippen molar-refractivity contribution in [1.29, 1.82) is 0 Å². The third kappa shape index (κ3) is 1.35. The molecule has 0 aliphatic carbocycles. The Kier molecular flexibility index (Phi) is 2.20. The molecule has 2 heterocycles. The number of para-hydroxylation sites is 1. The predicted molar refractivity (Wildman–Crippen MR) is 66.3 cm³/mol. The van der Waals surface area contributed by atoms with Crippen LogP contribution in [0.2, 0.25) is 0 Å². The zero-order valence-corrected chi connectivity index (χ0v) is 9.80. The largest absolute Gasteiger partial charge is 0.274 e. The van der Waals surface area contributed by atoms with Crippen LogP contribution < -0.4 is 4.90 Å². The fourth-order valence-electron chi connectivity index (χ4n) is 2.18. The van der Waals surface area contributed by atoms with Gasteiger partial charge in [0.1, 0.15) is 5.82 Å². The summed E-state index contributed by atoms with van der Waals surface area (Å²) in [7, 11) is 0. The summed E-state index contributed by atoms with van der Waals surface area (Å²) in [5.41, 5.74) is -1.07. The summed E-state index contributed by atoms with van der Waals surface area (Å²) in [6, 6.07) is 12.2. The number of pyridine rings is 1. The van der Waals surface area contributed by atoms with Gasteiger partial charge >= 0.3 is 0 Å². The molecule has 1 aromatic heterocycles. The van der Waals surface area contributed by atoms with Gasteiger partial charge in [0.25, 0.3) is 5.91 Å². The minimum atomic E-state index is -2.01. The number of benzene rings is 1. The zero-order chi connectivity index (χ0) is 12.8. The van der Waals surface area contributed by atoms with Crippen molar-refractivity contribution in [1.82, 2.24) is 4.98 Å². The molecule has 0 unspecified atom stereocenters. The van der Waals surface area contributed by atoms with Gasteiger partial charge in [-0.3, -0.25) is 9.69 Å². The number of anilines is 2. The molecule has 0 spiro atoms. The van der Waals surface area contributed by atoms with Gasteiger partial charge in [-0.1, -0.05) is 24.3 Å². The van der Waals surface area contributed by atoms with Crippen LogP contribution in [-0.4, -0.2) is 10.9 Å². The van der Waals surface area contributed by atoms with Gasteiger partial charge in [-0.05, 0) is 25.1 Å². The lowest BCUT2D eigenvalue weighted by molar-refractivity contribution is -0.127. The van der Waals surface area contributed by atoms with Crippen LogP contribution in [0.5, 0.6) is 0 Å². The van der Waals surface area contributed by atoms with Crippen molar-refractivity contribution in [3.8, 4) is 0 Å². The van der Waals surface area contributed by atoms with Crippen molar-refractivity contribution in [3.63, 3.8) is 0 Å². The second-order valence-corrected chi connectivity index (χ2v) is 4.35. The third-order valence-electron chi connectivity index (χ3n) is 3.12. The van der Waals surface area contributed by atoms with Gasteiger partial charge in [-0.2, -0.15) is 0 Å².